The first kappa shape index (κ1) is 13.0. The fourth-order valence-corrected chi connectivity index (χ4v) is 2.41. The van der Waals surface area contributed by atoms with Gasteiger partial charge in [0.25, 0.3) is 0 Å². The van der Waals surface area contributed by atoms with Crippen molar-refractivity contribution < 1.29 is 0 Å². The molecule has 0 heterocycles. The molecular formula is C14H24N2. The second kappa shape index (κ2) is 5.90. The summed E-state index contributed by atoms with van der Waals surface area (Å²) in [7, 11) is 2.18. The molecule has 0 atom stereocenters. The summed E-state index contributed by atoms with van der Waals surface area (Å²) in [5, 5.41) is 0. The second-order valence-electron chi connectivity index (χ2n) is 4.37. The predicted molar refractivity (Wildman–Crippen MR) is 71.8 cm³/mol. The van der Waals surface area contributed by atoms with E-state index in [9.17, 15) is 0 Å². The van der Waals surface area contributed by atoms with Crippen molar-refractivity contribution in [1.29, 1.82) is 0 Å². The lowest BCUT2D eigenvalue weighted by atomic mass is 10.0. The SMILES string of the molecule is CCC(CC)N(C)c1c(C)cccc1CN. The Balaban J connectivity index is 3.10. The summed E-state index contributed by atoms with van der Waals surface area (Å²) in [6.07, 6.45) is 2.34. The van der Waals surface area contributed by atoms with Crippen LogP contribution in [0.5, 0.6) is 0 Å². The van der Waals surface area contributed by atoms with Crippen LogP contribution in [-0.4, -0.2) is 13.1 Å². The monoisotopic (exact) mass is 220 g/mol. The molecule has 0 aromatic heterocycles. The van der Waals surface area contributed by atoms with Crippen LogP contribution in [0.15, 0.2) is 18.2 Å². The molecule has 0 unspecified atom stereocenters. The zero-order valence-corrected chi connectivity index (χ0v) is 11.0. The number of benzene rings is 1. The van der Waals surface area contributed by atoms with Gasteiger partial charge in [0.15, 0.2) is 0 Å². The van der Waals surface area contributed by atoms with Crippen molar-refractivity contribution in [3.63, 3.8) is 0 Å². The number of rotatable bonds is 5. The minimum Gasteiger partial charge on any atom is -0.371 e. The highest BCUT2D eigenvalue weighted by molar-refractivity contribution is 5.59. The van der Waals surface area contributed by atoms with Crippen LogP contribution in [0.3, 0.4) is 0 Å². The molecular weight excluding hydrogens is 196 g/mol. The van der Waals surface area contributed by atoms with Gasteiger partial charge in [-0.15, -0.1) is 0 Å². The minimum atomic E-state index is 0.603. The Morgan fingerprint density at radius 2 is 1.88 bits per heavy atom. The average molecular weight is 220 g/mol. The van der Waals surface area contributed by atoms with Crippen molar-refractivity contribution in [3.8, 4) is 0 Å². The molecule has 2 N–H and O–H groups in total. The molecule has 0 aliphatic carbocycles. The molecule has 1 aromatic carbocycles. The van der Waals surface area contributed by atoms with E-state index in [0.29, 0.717) is 12.6 Å². The van der Waals surface area contributed by atoms with Crippen LogP contribution in [0.2, 0.25) is 0 Å². The molecule has 0 amide bonds. The Kier molecular flexibility index (Phi) is 4.81. The molecule has 16 heavy (non-hydrogen) atoms. The van der Waals surface area contributed by atoms with Crippen LogP contribution in [0.4, 0.5) is 5.69 Å². The van der Waals surface area contributed by atoms with E-state index in [0.717, 1.165) is 0 Å². The summed E-state index contributed by atoms with van der Waals surface area (Å²) in [6, 6.07) is 6.97. The van der Waals surface area contributed by atoms with E-state index in [2.05, 4.69) is 50.9 Å². The molecule has 2 nitrogen and oxygen atoms in total. The number of aryl methyl sites for hydroxylation is 1. The van der Waals surface area contributed by atoms with Crippen LogP contribution in [0.1, 0.15) is 37.8 Å². The summed E-state index contributed by atoms with van der Waals surface area (Å²) in [5.41, 5.74) is 9.69. The van der Waals surface area contributed by atoms with Crippen molar-refractivity contribution in [2.45, 2.75) is 46.2 Å². The molecule has 90 valence electrons. The van der Waals surface area contributed by atoms with E-state index in [1.54, 1.807) is 0 Å². The predicted octanol–water partition coefficient (Wildman–Crippen LogP) is 3.08. The van der Waals surface area contributed by atoms with E-state index >= 15 is 0 Å². The van der Waals surface area contributed by atoms with E-state index in [-0.39, 0.29) is 0 Å². The zero-order valence-electron chi connectivity index (χ0n) is 11.0. The quantitative estimate of drug-likeness (QED) is 0.826. The van der Waals surface area contributed by atoms with Crippen molar-refractivity contribution in [1.82, 2.24) is 0 Å². The maximum absolute atomic E-state index is 5.81. The van der Waals surface area contributed by atoms with E-state index in [1.165, 1.54) is 29.7 Å². The third-order valence-corrected chi connectivity index (χ3v) is 3.38. The van der Waals surface area contributed by atoms with E-state index in [4.69, 9.17) is 5.73 Å². The summed E-state index contributed by atoms with van der Waals surface area (Å²) in [4.78, 5) is 2.39. The van der Waals surface area contributed by atoms with Crippen LogP contribution in [-0.2, 0) is 6.54 Å². The minimum absolute atomic E-state index is 0.603. The molecule has 0 bridgehead atoms. The molecule has 0 saturated carbocycles. The van der Waals surface area contributed by atoms with Crippen molar-refractivity contribution in [2.75, 3.05) is 11.9 Å². The second-order valence-corrected chi connectivity index (χ2v) is 4.37. The Morgan fingerprint density at radius 1 is 1.25 bits per heavy atom. The first-order chi connectivity index (χ1) is 7.65. The summed E-state index contributed by atoms with van der Waals surface area (Å²) < 4.78 is 0. The normalized spacial score (nSPS) is 10.9. The molecule has 2 heteroatoms. The van der Waals surface area contributed by atoms with Crippen LogP contribution in [0.25, 0.3) is 0 Å². The van der Waals surface area contributed by atoms with Gasteiger partial charge in [-0.3, -0.25) is 0 Å². The summed E-state index contributed by atoms with van der Waals surface area (Å²) in [6.45, 7) is 7.25. The van der Waals surface area contributed by atoms with Crippen LogP contribution in [0, 0.1) is 6.92 Å². The lowest BCUT2D eigenvalue weighted by Gasteiger charge is -2.31. The Bertz CT molecular complexity index is 330. The van der Waals surface area contributed by atoms with Crippen LogP contribution >= 0.6 is 0 Å². The topological polar surface area (TPSA) is 29.3 Å². The smallest absolute Gasteiger partial charge is 0.0441 e. The fraction of sp³-hybridized carbons (Fsp3) is 0.571. The molecule has 0 saturated heterocycles. The van der Waals surface area contributed by atoms with Gasteiger partial charge in [0.1, 0.15) is 0 Å². The van der Waals surface area contributed by atoms with Gasteiger partial charge in [-0.25, -0.2) is 0 Å². The molecule has 0 aliphatic rings. The van der Waals surface area contributed by atoms with Gasteiger partial charge in [0.2, 0.25) is 0 Å². The molecule has 0 spiro atoms. The first-order valence-corrected chi connectivity index (χ1v) is 6.17. The van der Waals surface area contributed by atoms with Crippen molar-refractivity contribution in [3.05, 3.63) is 29.3 Å². The standard InChI is InChI=1S/C14H24N2/c1-5-13(6-2)16(4)14-11(3)8-7-9-12(14)10-15/h7-9,13H,5-6,10,15H2,1-4H3. The Morgan fingerprint density at radius 3 is 2.38 bits per heavy atom. The van der Waals surface area contributed by atoms with E-state index in [1.807, 2.05) is 0 Å². The van der Waals surface area contributed by atoms with E-state index < -0.39 is 0 Å². The van der Waals surface area contributed by atoms with Crippen molar-refractivity contribution in [2.24, 2.45) is 5.73 Å². The van der Waals surface area contributed by atoms with Gasteiger partial charge in [-0.05, 0) is 30.9 Å². The molecule has 0 radical (unpaired) electrons. The Labute approximate surface area is 99.5 Å². The first-order valence-electron chi connectivity index (χ1n) is 6.17. The average Bonchev–Trinajstić information content (AvgIpc) is 2.29. The highest BCUT2D eigenvalue weighted by Crippen LogP contribution is 2.27. The van der Waals surface area contributed by atoms with Gasteiger partial charge in [0, 0.05) is 25.3 Å². The largest absolute Gasteiger partial charge is 0.371 e. The number of nitrogens with two attached hydrogens (primary N) is 1. The fourth-order valence-electron chi connectivity index (χ4n) is 2.41. The summed E-state index contributed by atoms with van der Waals surface area (Å²) >= 11 is 0. The molecule has 0 fully saturated rings. The number of nitrogens with zero attached hydrogens (tertiary/aromatic N) is 1. The number of hydrogen-bond donors (Lipinski definition) is 1. The van der Waals surface area contributed by atoms with Gasteiger partial charge in [-0.2, -0.15) is 0 Å². The van der Waals surface area contributed by atoms with Crippen LogP contribution < -0.4 is 10.6 Å². The maximum atomic E-state index is 5.81. The third-order valence-electron chi connectivity index (χ3n) is 3.38. The zero-order chi connectivity index (χ0) is 12.1. The van der Waals surface area contributed by atoms with Gasteiger partial charge in [0.05, 0.1) is 0 Å². The van der Waals surface area contributed by atoms with Gasteiger partial charge < -0.3 is 10.6 Å². The van der Waals surface area contributed by atoms with Gasteiger partial charge >= 0.3 is 0 Å². The number of para-hydroxylation sites is 1. The third kappa shape index (κ3) is 2.56. The number of anilines is 1. The lowest BCUT2D eigenvalue weighted by molar-refractivity contribution is 0.589. The maximum Gasteiger partial charge on any atom is 0.0441 e. The molecule has 0 aliphatic heterocycles. The van der Waals surface area contributed by atoms with Crippen molar-refractivity contribution >= 4 is 5.69 Å². The number of hydrogen-bond acceptors (Lipinski definition) is 2. The molecule has 1 rings (SSSR count). The lowest BCUT2D eigenvalue weighted by Crippen LogP contribution is -2.32. The highest BCUT2D eigenvalue weighted by atomic mass is 15.1. The van der Waals surface area contributed by atoms with Gasteiger partial charge in [-0.1, -0.05) is 32.0 Å². The molecule has 1 aromatic rings. The Hall–Kier alpha value is -1.02. The summed E-state index contributed by atoms with van der Waals surface area (Å²) in [5.74, 6) is 0. The highest BCUT2D eigenvalue weighted by Gasteiger charge is 2.15.